The Kier molecular flexibility index (Phi) is 7.80. The molecule has 0 saturated carbocycles. The summed E-state index contributed by atoms with van der Waals surface area (Å²) in [4.78, 5) is 0.0147. The van der Waals surface area contributed by atoms with Crippen molar-refractivity contribution in [1.82, 2.24) is 4.31 Å². The van der Waals surface area contributed by atoms with E-state index in [1.807, 2.05) is 6.92 Å². The largest absolute Gasteiger partial charge is 0.496 e. The van der Waals surface area contributed by atoms with E-state index in [0.29, 0.717) is 12.3 Å². The molecule has 1 aliphatic heterocycles. The molecule has 1 saturated heterocycles. The summed E-state index contributed by atoms with van der Waals surface area (Å²) in [7, 11) is 0.526. The molecule has 0 radical (unpaired) electrons. The van der Waals surface area contributed by atoms with Gasteiger partial charge in [-0.1, -0.05) is 6.42 Å². The Hall–Kier alpha value is -1.22. The first-order chi connectivity index (χ1) is 11.4. The number of ether oxygens (including phenoxy) is 3. The fraction of sp³-hybridized carbons (Fsp3) is 0.625. The van der Waals surface area contributed by atoms with Gasteiger partial charge in [0.15, 0.2) is 4.90 Å². The average molecular weight is 395 g/mol. The number of hydrogen-bond acceptors (Lipinski definition) is 6. The highest BCUT2D eigenvalue weighted by atomic mass is 35.5. The van der Waals surface area contributed by atoms with Crippen molar-refractivity contribution in [2.45, 2.75) is 43.2 Å². The van der Waals surface area contributed by atoms with Crippen molar-refractivity contribution in [3.8, 4) is 17.2 Å². The summed E-state index contributed by atoms with van der Waals surface area (Å²) in [6, 6.07) is 2.59. The number of hydrogen-bond donors (Lipinski definition) is 1. The van der Waals surface area contributed by atoms with Gasteiger partial charge in [-0.05, 0) is 19.8 Å². The molecule has 9 heteroatoms. The topological polar surface area (TPSA) is 91.1 Å². The molecular formula is C16H27ClN2O5S. The number of halogens is 1. The van der Waals surface area contributed by atoms with Crippen LogP contribution in [0.15, 0.2) is 17.0 Å². The SMILES string of the molecule is COc1cc(OC)c(S(=O)(=O)N2CCCCC2C(C)N)c(OC)c1.Cl. The Labute approximate surface area is 155 Å². The van der Waals surface area contributed by atoms with Crippen LogP contribution >= 0.6 is 12.4 Å². The number of rotatable bonds is 6. The van der Waals surface area contributed by atoms with Gasteiger partial charge in [0.05, 0.1) is 21.3 Å². The van der Waals surface area contributed by atoms with E-state index in [0.717, 1.165) is 19.3 Å². The van der Waals surface area contributed by atoms with Crippen LogP contribution in [0.25, 0.3) is 0 Å². The maximum atomic E-state index is 13.3. The van der Waals surface area contributed by atoms with Crippen LogP contribution in [-0.4, -0.2) is 52.7 Å². The number of nitrogens with zero attached hydrogens (tertiary/aromatic N) is 1. The van der Waals surface area contributed by atoms with Crippen molar-refractivity contribution in [1.29, 1.82) is 0 Å². The normalized spacial score (nSPS) is 19.6. The van der Waals surface area contributed by atoms with Crippen LogP contribution in [0.1, 0.15) is 26.2 Å². The predicted octanol–water partition coefficient (Wildman–Crippen LogP) is 2.02. The van der Waals surface area contributed by atoms with Crippen LogP contribution in [0, 0.1) is 0 Å². The van der Waals surface area contributed by atoms with Crippen molar-refractivity contribution in [2.24, 2.45) is 5.73 Å². The smallest absolute Gasteiger partial charge is 0.250 e. The molecule has 0 aliphatic carbocycles. The molecule has 2 unspecified atom stereocenters. The standard InChI is InChI=1S/C16H26N2O5S.ClH/c1-11(17)13-7-5-6-8-18(13)24(19,20)16-14(22-3)9-12(21-2)10-15(16)23-4;/h9-11,13H,5-8,17H2,1-4H3;1H. The van der Waals surface area contributed by atoms with E-state index in [1.165, 1.54) is 25.6 Å². The Bertz CT molecular complexity index is 656. The molecular weight excluding hydrogens is 368 g/mol. The van der Waals surface area contributed by atoms with Crippen molar-refractivity contribution in [3.05, 3.63) is 12.1 Å². The van der Waals surface area contributed by atoms with Gasteiger partial charge in [0.1, 0.15) is 17.2 Å². The van der Waals surface area contributed by atoms with E-state index in [4.69, 9.17) is 19.9 Å². The Morgan fingerprint density at radius 1 is 1.12 bits per heavy atom. The summed E-state index contributed by atoms with van der Waals surface area (Å²) in [5, 5.41) is 0. The van der Waals surface area contributed by atoms with E-state index < -0.39 is 10.0 Å². The maximum absolute atomic E-state index is 13.3. The van der Waals surface area contributed by atoms with Gasteiger partial charge in [-0.15, -0.1) is 12.4 Å². The third kappa shape index (κ3) is 4.31. The Morgan fingerprint density at radius 2 is 1.68 bits per heavy atom. The molecule has 7 nitrogen and oxygen atoms in total. The quantitative estimate of drug-likeness (QED) is 0.793. The van der Waals surface area contributed by atoms with Crippen molar-refractivity contribution < 1.29 is 22.6 Å². The van der Waals surface area contributed by atoms with Crippen molar-refractivity contribution in [2.75, 3.05) is 27.9 Å². The second-order valence-corrected chi connectivity index (χ2v) is 7.73. The molecule has 0 amide bonds. The molecule has 144 valence electrons. The lowest BCUT2D eigenvalue weighted by Crippen LogP contribution is -2.51. The lowest BCUT2D eigenvalue weighted by molar-refractivity contribution is 0.226. The van der Waals surface area contributed by atoms with E-state index in [2.05, 4.69) is 0 Å². The number of piperidine rings is 1. The summed E-state index contributed by atoms with van der Waals surface area (Å²) >= 11 is 0. The zero-order chi connectivity index (χ0) is 17.9. The fourth-order valence-electron chi connectivity index (χ4n) is 3.10. The van der Waals surface area contributed by atoms with E-state index in [9.17, 15) is 8.42 Å². The van der Waals surface area contributed by atoms with Gasteiger partial charge in [-0.3, -0.25) is 0 Å². The van der Waals surface area contributed by atoms with Crippen LogP contribution < -0.4 is 19.9 Å². The molecule has 1 aliphatic rings. The van der Waals surface area contributed by atoms with Crippen LogP contribution in [0.3, 0.4) is 0 Å². The molecule has 0 aromatic heterocycles. The Morgan fingerprint density at radius 3 is 2.12 bits per heavy atom. The van der Waals surface area contributed by atoms with Crippen molar-refractivity contribution >= 4 is 22.4 Å². The second kappa shape index (κ2) is 8.93. The number of methoxy groups -OCH3 is 3. The molecule has 1 fully saturated rings. The summed E-state index contributed by atoms with van der Waals surface area (Å²) in [6.07, 6.45) is 2.52. The summed E-state index contributed by atoms with van der Waals surface area (Å²) < 4.78 is 43.9. The summed E-state index contributed by atoms with van der Waals surface area (Å²) in [5.41, 5.74) is 6.03. The lowest BCUT2D eigenvalue weighted by atomic mass is 10.00. The summed E-state index contributed by atoms with van der Waals surface area (Å²) in [5.74, 6) is 0.852. The first-order valence-electron chi connectivity index (χ1n) is 7.94. The monoisotopic (exact) mass is 394 g/mol. The van der Waals surface area contributed by atoms with Gasteiger partial charge < -0.3 is 19.9 Å². The molecule has 25 heavy (non-hydrogen) atoms. The number of sulfonamides is 1. The Balaban J connectivity index is 0.00000312. The average Bonchev–Trinajstić information content (AvgIpc) is 2.60. The van der Waals surface area contributed by atoms with E-state index >= 15 is 0 Å². The zero-order valence-corrected chi connectivity index (χ0v) is 16.7. The van der Waals surface area contributed by atoms with Gasteiger partial charge >= 0.3 is 0 Å². The van der Waals surface area contributed by atoms with Gasteiger partial charge in [-0.2, -0.15) is 4.31 Å². The number of nitrogens with two attached hydrogens (primary N) is 1. The zero-order valence-electron chi connectivity index (χ0n) is 15.0. The molecule has 0 spiro atoms. The molecule has 1 heterocycles. The first kappa shape index (κ1) is 21.8. The highest BCUT2D eigenvalue weighted by Crippen LogP contribution is 2.40. The van der Waals surface area contributed by atoms with Crippen molar-refractivity contribution in [3.63, 3.8) is 0 Å². The van der Waals surface area contributed by atoms with E-state index in [1.54, 1.807) is 12.1 Å². The van der Waals surface area contributed by atoms with Crippen LogP contribution in [0.2, 0.25) is 0 Å². The highest BCUT2D eigenvalue weighted by Gasteiger charge is 2.39. The molecule has 1 aromatic carbocycles. The third-order valence-electron chi connectivity index (χ3n) is 4.34. The second-order valence-electron chi connectivity index (χ2n) is 5.90. The first-order valence-corrected chi connectivity index (χ1v) is 9.38. The van der Waals surface area contributed by atoms with Gasteiger partial charge in [0, 0.05) is 30.8 Å². The van der Waals surface area contributed by atoms with E-state index in [-0.39, 0.29) is 40.9 Å². The molecule has 2 N–H and O–H groups in total. The molecule has 1 aromatic rings. The van der Waals surface area contributed by atoms with Crippen LogP contribution in [-0.2, 0) is 10.0 Å². The molecule has 2 atom stereocenters. The predicted molar refractivity (Wildman–Crippen MR) is 98.5 cm³/mol. The minimum absolute atomic E-state index is 0. The minimum atomic E-state index is -3.82. The van der Waals surface area contributed by atoms with Gasteiger partial charge in [0.2, 0.25) is 0 Å². The minimum Gasteiger partial charge on any atom is -0.496 e. The third-order valence-corrected chi connectivity index (χ3v) is 6.33. The van der Waals surface area contributed by atoms with Gasteiger partial charge in [-0.25, -0.2) is 8.42 Å². The molecule has 2 rings (SSSR count). The number of benzene rings is 1. The van der Waals surface area contributed by atoms with Crippen LogP contribution in [0.4, 0.5) is 0 Å². The van der Waals surface area contributed by atoms with Crippen LogP contribution in [0.5, 0.6) is 17.2 Å². The van der Waals surface area contributed by atoms with Gasteiger partial charge in [0.25, 0.3) is 10.0 Å². The highest BCUT2D eigenvalue weighted by molar-refractivity contribution is 7.89. The lowest BCUT2D eigenvalue weighted by Gasteiger charge is -2.37. The summed E-state index contributed by atoms with van der Waals surface area (Å²) in [6.45, 7) is 2.27. The molecule has 0 bridgehead atoms. The maximum Gasteiger partial charge on any atom is 0.250 e. The fourth-order valence-corrected chi connectivity index (χ4v) is 5.15.